The van der Waals surface area contributed by atoms with Crippen LogP contribution < -0.4 is 5.73 Å². The van der Waals surface area contributed by atoms with E-state index in [1.54, 1.807) is 11.0 Å². The second-order valence-electron chi connectivity index (χ2n) is 3.78. The van der Waals surface area contributed by atoms with Crippen LogP contribution in [0.25, 0.3) is 5.69 Å². The zero-order chi connectivity index (χ0) is 14.4. The molecule has 2 aromatic carbocycles. The summed E-state index contributed by atoms with van der Waals surface area (Å²) < 4.78 is 3.71. The number of nitrogens with two attached hydrogens (primary N) is 1. The summed E-state index contributed by atoms with van der Waals surface area (Å²) in [6.07, 6.45) is 1.56. The minimum atomic E-state index is 0.799. The van der Waals surface area contributed by atoms with Crippen LogP contribution in [0.1, 0.15) is 0 Å². The summed E-state index contributed by atoms with van der Waals surface area (Å²) in [4.78, 5) is 0. The van der Waals surface area contributed by atoms with Crippen molar-refractivity contribution < 1.29 is 0 Å². The van der Waals surface area contributed by atoms with E-state index in [0.29, 0.717) is 0 Å². The quantitative estimate of drug-likeness (QED) is 0.639. The molecule has 0 amide bonds. The van der Waals surface area contributed by atoms with Crippen LogP contribution in [0.4, 0.5) is 5.69 Å². The van der Waals surface area contributed by atoms with Gasteiger partial charge < -0.3 is 5.73 Å². The van der Waals surface area contributed by atoms with E-state index in [0.717, 1.165) is 20.3 Å². The van der Waals surface area contributed by atoms with Crippen molar-refractivity contribution >= 4 is 37.5 Å². The van der Waals surface area contributed by atoms with Gasteiger partial charge in [0.2, 0.25) is 0 Å². The van der Waals surface area contributed by atoms with Gasteiger partial charge in [-0.2, -0.15) is 0 Å². The van der Waals surface area contributed by atoms with Crippen LogP contribution in [0.2, 0.25) is 0 Å². The Morgan fingerprint density at radius 2 is 1.40 bits per heavy atom. The lowest BCUT2D eigenvalue weighted by Crippen LogP contribution is -1.93. The van der Waals surface area contributed by atoms with E-state index in [1.165, 1.54) is 0 Å². The lowest BCUT2D eigenvalue weighted by atomic mass is 10.3. The Labute approximate surface area is 133 Å². The molecule has 1 aromatic heterocycles. The van der Waals surface area contributed by atoms with Crippen LogP contribution in [0.5, 0.6) is 0 Å². The number of benzene rings is 2. The van der Waals surface area contributed by atoms with Gasteiger partial charge in [-0.3, -0.25) is 0 Å². The van der Waals surface area contributed by atoms with Crippen LogP contribution >= 0.6 is 31.9 Å². The highest BCUT2D eigenvalue weighted by Crippen LogP contribution is 2.12. The summed E-state index contributed by atoms with van der Waals surface area (Å²) in [5.41, 5.74) is 7.15. The van der Waals surface area contributed by atoms with Crippen molar-refractivity contribution in [3.05, 3.63) is 63.8 Å². The molecule has 0 fully saturated rings. The number of hydrogen-bond acceptors (Lipinski definition) is 4. The van der Waals surface area contributed by atoms with Crippen molar-refractivity contribution in [2.75, 3.05) is 5.73 Å². The van der Waals surface area contributed by atoms with Crippen LogP contribution in [-0.4, -0.2) is 20.2 Å². The number of rotatable bonds is 1. The third-order valence-corrected chi connectivity index (χ3v) is 3.37. The summed E-state index contributed by atoms with van der Waals surface area (Å²) in [5.74, 6) is 0. The number of anilines is 1. The standard InChI is InChI=1S/C7H5BrN4.C6H6BrN/c8-6-1-3-7(4-2-6)12-5-9-10-11-12;7-5-1-3-6(8)4-2-5/h1-5H;1-4H,8H2. The average molecular weight is 397 g/mol. The summed E-state index contributed by atoms with van der Waals surface area (Å²) in [6, 6.07) is 15.3. The Morgan fingerprint density at radius 3 is 1.85 bits per heavy atom. The molecule has 0 saturated carbocycles. The molecule has 3 rings (SSSR count). The van der Waals surface area contributed by atoms with Crippen LogP contribution in [0, 0.1) is 0 Å². The van der Waals surface area contributed by atoms with Crippen molar-refractivity contribution in [2.45, 2.75) is 0 Å². The molecule has 0 atom stereocenters. The first-order valence-corrected chi connectivity index (χ1v) is 7.24. The number of nitrogens with zero attached hydrogens (tertiary/aromatic N) is 4. The monoisotopic (exact) mass is 395 g/mol. The number of halogens is 2. The molecule has 2 N–H and O–H groups in total. The summed E-state index contributed by atoms with van der Waals surface area (Å²) >= 11 is 6.64. The van der Waals surface area contributed by atoms with Gasteiger partial charge >= 0.3 is 0 Å². The van der Waals surface area contributed by atoms with E-state index >= 15 is 0 Å². The maximum absolute atomic E-state index is 5.41. The molecule has 0 aliphatic heterocycles. The van der Waals surface area contributed by atoms with Gasteiger partial charge in [-0.15, -0.1) is 5.10 Å². The summed E-state index contributed by atoms with van der Waals surface area (Å²) in [6.45, 7) is 0. The second kappa shape index (κ2) is 7.16. The third kappa shape index (κ3) is 4.43. The normalized spacial score (nSPS) is 9.70. The third-order valence-electron chi connectivity index (χ3n) is 2.31. The van der Waals surface area contributed by atoms with Crippen LogP contribution in [-0.2, 0) is 0 Å². The molecule has 20 heavy (non-hydrogen) atoms. The maximum atomic E-state index is 5.41. The van der Waals surface area contributed by atoms with E-state index in [9.17, 15) is 0 Å². The Kier molecular flexibility index (Phi) is 5.25. The van der Waals surface area contributed by atoms with Gasteiger partial charge in [-0.05, 0) is 59.0 Å². The fourth-order valence-corrected chi connectivity index (χ4v) is 1.86. The first-order chi connectivity index (χ1) is 9.65. The second-order valence-corrected chi connectivity index (χ2v) is 5.61. The SMILES string of the molecule is Brc1ccc(-n2cnnn2)cc1.Nc1ccc(Br)cc1. The van der Waals surface area contributed by atoms with Crippen LogP contribution in [0.3, 0.4) is 0 Å². The van der Waals surface area contributed by atoms with Gasteiger partial charge in [0.1, 0.15) is 6.33 Å². The van der Waals surface area contributed by atoms with Gasteiger partial charge in [0.25, 0.3) is 0 Å². The van der Waals surface area contributed by atoms with Crippen LogP contribution in [0.15, 0.2) is 63.8 Å². The molecule has 0 aliphatic carbocycles. The van der Waals surface area contributed by atoms with Crippen molar-refractivity contribution in [1.29, 1.82) is 0 Å². The topological polar surface area (TPSA) is 69.6 Å². The molecular weight excluding hydrogens is 386 g/mol. The molecule has 1 heterocycles. The van der Waals surface area contributed by atoms with E-state index in [4.69, 9.17) is 5.73 Å². The largest absolute Gasteiger partial charge is 0.399 e. The predicted octanol–water partition coefficient (Wildman–Crippen LogP) is 3.46. The van der Waals surface area contributed by atoms with Gasteiger partial charge in [-0.25, -0.2) is 4.68 Å². The highest BCUT2D eigenvalue weighted by atomic mass is 79.9. The van der Waals surface area contributed by atoms with E-state index in [-0.39, 0.29) is 0 Å². The number of hydrogen-bond donors (Lipinski definition) is 1. The Hall–Kier alpha value is -1.73. The minimum absolute atomic E-state index is 0.799. The van der Waals surface area contributed by atoms with Crippen molar-refractivity contribution in [3.63, 3.8) is 0 Å². The predicted molar refractivity (Wildman–Crippen MR) is 85.4 cm³/mol. The molecule has 0 aliphatic rings. The molecular formula is C13H11Br2N5. The molecule has 0 bridgehead atoms. The molecule has 0 unspecified atom stereocenters. The zero-order valence-electron chi connectivity index (χ0n) is 10.3. The minimum Gasteiger partial charge on any atom is -0.399 e. The average Bonchev–Trinajstić information content (AvgIpc) is 2.98. The number of aromatic nitrogens is 4. The molecule has 0 saturated heterocycles. The smallest absolute Gasteiger partial charge is 0.143 e. The van der Waals surface area contributed by atoms with Gasteiger partial charge in [-0.1, -0.05) is 31.9 Å². The maximum Gasteiger partial charge on any atom is 0.143 e. The first-order valence-electron chi connectivity index (χ1n) is 5.65. The highest BCUT2D eigenvalue weighted by molar-refractivity contribution is 9.10. The Bertz CT molecular complexity index is 615. The van der Waals surface area contributed by atoms with Crippen molar-refractivity contribution in [2.24, 2.45) is 0 Å². The van der Waals surface area contributed by atoms with Gasteiger partial charge in [0, 0.05) is 14.6 Å². The molecule has 0 radical (unpaired) electrons. The Morgan fingerprint density at radius 1 is 0.850 bits per heavy atom. The van der Waals surface area contributed by atoms with Gasteiger partial charge in [0.05, 0.1) is 5.69 Å². The number of nitrogen functional groups attached to an aromatic ring is 1. The fourth-order valence-electron chi connectivity index (χ4n) is 1.34. The van der Waals surface area contributed by atoms with Crippen molar-refractivity contribution in [3.8, 4) is 5.69 Å². The van der Waals surface area contributed by atoms with E-state index < -0.39 is 0 Å². The summed E-state index contributed by atoms with van der Waals surface area (Å²) in [5, 5.41) is 10.8. The molecule has 102 valence electrons. The molecule has 0 spiro atoms. The highest BCUT2D eigenvalue weighted by Gasteiger charge is 1.95. The van der Waals surface area contributed by atoms with E-state index in [2.05, 4.69) is 47.4 Å². The Balaban J connectivity index is 0.000000160. The lowest BCUT2D eigenvalue weighted by Gasteiger charge is -1.97. The van der Waals surface area contributed by atoms with Gasteiger partial charge in [0.15, 0.2) is 0 Å². The molecule has 7 heteroatoms. The number of tetrazole rings is 1. The molecule has 5 nitrogen and oxygen atoms in total. The molecule has 3 aromatic rings. The lowest BCUT2D eigenvalue weighted by molar-refractivity contribution is 0.789. The fraction of sp³-hybridized carbons (Fsp3) is 0. The summed E-state index contributed by atoms with van der Waals surface area (Å²) in [7, 11) is 0. The first kappa shape index (κ1) is 14.7. The zero-order valence-corrected chi connectivity index (χ0v) is 13.5. The van der Waals surface area contributed by atoms with Crippen molar-refractivity contribution in [1.82, 2.24) is 20.2 Å². The van der Waals surface area contributed by atoms with E-state index in [1.807, 2.05) is 48.5 Å².